The van der Waals surface area contributed by atoms with Crippen LogP contribution in [0.4, 0.5) is 19.7 Å². The number of rotatable bonds is 10. The molecule has 3 aliphatic heterocycles. The number of β-amino-alcohol motifs (C(OH)–C–C–N with tert-alkyl or cyclic N) is 1. The minimum Gasteiger partial charge on any atom is -0.444 e. The topological polar surface area (TPSA) is 150 Å². The van der Waals surface area contributed by atoms with Crippen molar-refractivity contribution in [1.29, 1.82) is 0 Å². The van der Waals surface area contributed by atoms with Gasteiger partial charge in [-0.1, -0.05) is 56.3 Å². The van der Waals surface area contributed by atoms with Crippen LogP contribution in [0.1, 0.15) is 77.8 Å². The smallest absolute Gasteiger partial charge is 0.410 e. The number of piperidine rings is 2. The molecule has 346 valence electrons. The molecule has 3 amide bonds. The van der Waals surface area contributed by atoms with Crippen LogP contribution in [-0.2, 0) is 21.2 Å². The number of anilines is 1. The van der Waals surface area contributed by atoms with E-state index in [4.69, 9.17) is 4.74 Å². The van der Waals surface area contributed by atoms with E-state index in [0.29, 0.717) is 45.9 Å². The van der Waals surface area contributed by atoms with Gasteiger partial charge in [0.1, 0.15) is 17.7 Å². The lowest BCUT2D eigenvalue weighted by atomic mass is 9.71. The minimum absolute atomic E-state index is 0.0427. The normalized spacial score (nSPS) is 19.3. The summed E-state index contributed by atoms with van der Waals surface area (Å²) >= 11 is 0. The molecule has 3 fully saturated rings. The zero-order valence-corrected chi connectivity index (χ0v) is 39.2. The zero-order chi connectivity index (χ0) is 46.3. The fourth-order valence-electron chi connectivity index (χ4n) is 9.82. The summed E-state index contributed by atoms with van der Waals surface area (Å²) < 4.78 is 51.6. The standard InChI is InChI=1S/C50H62FN7O6S/c1-33(2)26-37-30-57(31-44(37)59)47(60)54-42-28-38(51)27-40(34(42)3)45-41-29-43(58(46(41)53-32-52-45)65(62,63)39-10-8-7-9-11-39)36-14-12-35(13-15-36)16-21-55-22-17-50(18-23-55)19-24-56(25-20-50)48(61)64-49(4,5)6/h7-15,27-29,32-33,37,44,59H,16-26,30-31H2,1-6H3,(H,54,60)/t37-,44-/m0/s1. The number of fused-ring (bicyclic) bond motifs is 1. The predicted octanol–water partition coefficient (Wildman–Crippen LogP) is 8.98. The molecule has 2 atom stereocenters. The Bertz CT molecular complexity index is 2630. The highest BCUT2D eigenvalue weighted by Gasteiger charge is 2.40. The summed E-state index contributed by atoms with van der Waals surface area (Å²) in [5.41, 5.74) is 3.52. The highest BCUT2D eigenvalue weighted by molar-refractivity contribution is 7.90. The Morgan fingerprint density at radius 1 is 0.923 bits per heavy atom. The van der Waals surface area contributed by atoms with Crippen LogP contribution >= 0.6 is 0 Å². The summed E-state index contributed by atoms with van der Waals surface area (Å²) in [7, 11) is -4.19. The number of likely N-dealkylation sites (tertiary alicyclic amines) is 3. The molecule has 13 nitrogen and oxygen atoms in total. The lowest BCUT2D eigenvalue weighted by molar-refractivity contribution is -0.00228. The van der Waals surface area contributed by atoms with E-state index < -0.39 is 33.6 Å². The Hall–Kier alpha value is -5.38. The van der Waals surface area contributed by atoms with Crippen LogP contribution in [0.5, 0.6) is 0 Å². The Balaban J connectivity index is 1.02. The van der Waals surface area contributed by atoms with Crippen LogP contribution in [0.2, 0.25) is 0 Å². The molecule has 15 heteroatoms. The molecule has 5 heterocycles. The van der Waals surface area contributed by atoms with Crippen molar-refractivity contribution in [3.8, 4) is 22.5 Å². The van der Waals surface area contributed by atoms with Crippen LogP contribution < -0.4 is 5.32 Å². The first-order valence-electron chi connectivity index (χ1n) is 22.9. The molecular formula is C50H62FN7O6S. The molecule has 2 N–H and O–H groups in total. The minimum atomic E-state index is -4.19. The van der Waals surface area contributed by atoms with Crippen molar-refractivity contribution in [3.63, 3.8) is 0 Å². The Labute approximate surface area is 382 Å². The van der Waals surface area contributed by atoms with Gasteiger partial charge in [-0.3, -0.25) is 0 Å². The molecule has 0 saturated carbocycles. The maximum Gasteiger partial charge on any atom is 0.410 e. The summed E-state index contributed by atoms with van der Waals surface area (Å²) in [6.07, 6.45) is 6.23. The SMILES string of the molecule is Cc1c(NC(=O)N2C[C@H](CC(C)C)[C@@H](O)C2)cc(F)cc1-c1ncnc2c1cc(-c1ccc(CCN3CCC4(CC3)CCN(C(=O)OC(C)(C)C)CC4)cc1)n2S(=O)(=O)c1ccccc1. The number of ether oxygens (including phenoxy) is 1. The van der Waals surface area contributed by atoms with E-state index in [1.54, 1.807) is 48.2 Å². The van der Waals surface area contributed by atoms with Gasteiger partial charge in [-0.25, -0.2) is 36.3 Å². The maximum absolute atomic E-state index is 15.6. The van der Waals surface area contributed by atoms with Gasteiger partial charge >= 0.3 is 12.1 Å². The van der Waals surface area contributed by atoms with E-state index in [0.717, 1.165) is 76.8 Å². The number of amides is 3. The van der Waals surface area contributed by atoms with Gasteiger partial charge in [0.2, 0.25) is 0 Å². The van der Waals surface area contributed by atoms with Crippen molar-refractivity contribution in [2.24, 2.45) is 17.3 Å². The van der Waals surface area contributed by atoms with Crippen LogP contribution in [0.25, 0.3) is 33.5 Å². The lowest BCUT2D eigenvalue weighted by Crippen LogP contribution is -2.49. The highest BCUT2D eigenvalue weighted by Crippen LogP contribution is 2.42. The van der Waals surface area contributed by atoms with Gasteiger partial charge in [0, 0.05) is 55.3 Å². The Morgan fingerprint density at radius 2 is 1.60 bits per heavy atom. The number of carbonyl (C=O) groups is 2. The first-order valence-corrected chi connectivity index (χ1v) is 24.3. The third-order valence-corrected chi connectivity index (χ3v) is 15.3. The van der Waals surface area contributed by atoms with E-state index in [9.17, 15) is 23.1 Å². The molecule has 3 saturated heterocycles. The van der Waals surface area contributed by atoms with Gasteiger partial charge in [-0.05, 0) is 138 Å². The van der Waals surface area contributed by atoms with Crippen molar-refractivity contribution in [3.05, 3.63) is 96.1 Å². The third-order valence-electron chi connectivity index (χ3n) is 13.5. The van der Waals surface area contributed by atoms with Crippen molar-refractivity contribution in [2.45, 2.75) is 96.7 Å². The first kappa shape index (κ1) is 46.2. The van der Waals surface area contributed by atoms with Crippen LogP contribution in [0, 0.1) is 30.0 Å². The number of nitrogens with one attached hydrogen (secondary N) is 1. The van der Waals surface area contributed by atoms with Crippen molar-refractivity contribution >= 4 is 38.9 Å². The number of aliphatic hydroxyl groups excluding tert-OH is 1. The van der Waals surface area contributed by atoms with Gasteiger partial charge in [-0.15, -0.1) is 0 Å². The highest BCUT2D eigenvalue weighted by atomic mass is 32.2. The first-order chi connectivity index (χ1) is 30.9. The summed E-state index contributed by atoms with van der Waals surface area (Å²) in [5.74, 6) is -0.287. The second-order valence-electron chi connectivity index (χ2n) is 19.7. The van der Waals surface area contributed by atoms with Crippen LogP contribution in [0.15, 0.2) is 84.0 Å². The number of hydrogen-bond acceptors (Lipinski definition) is 9. The molecule has 65 heavy (non-hydrogen) atoms. The van der Waals surface area contributed by atoms with E-state index in [1.165, 1.54) is 22.4 Å². The number of halogens is 1. The van der Waals surface area contributed by atoms with Crippen molar-refractivity contribution < 1.29 is 32.2 Å². The van der Waals surface area contributed by atoms with Gasteiger partial charge in [0.15, 0.2) is 5.65 Å². The molecule has 0 aliphatic carbocycles. The predicted molar refractivity (Wildman–Crippen MR) is 251 cm³/mol. The number of carbonyl (C=O) groups excluding carboxylic acids is 2. The molecule has 5 aromatic rings. The van der Waals surface area contributed by atoms with Gasteiger partial charge in [0.05, 0.1) is 22.4 Å². The second-order valence-corrected chi connectivity index (χ2v) is 21.5. The fourth-order valence-corrected chi connectivity index (χ4v) is 11.3. The largest absolute Gasteiger partial charge is 0.444 e. The number of hydrogen-bond donors (Lipinski definition) is 2. The molecule has 1 spiro atoms. The molecule has 2 aromatic heterocycles. The van der Waals surface area contributed by atoms with Gasteiger partial charge in [-0.2, -0.15) is 0 Å². The summed E-state index contributed by atoms with van der Waals surface area (Å²) in [5, 5.41) is 13.9. The molecular weight excluding hydrogens is 846 g/mol. The summed E-state index contributed by atoms with van der Waals surface area (Å²) in [6, 6.07) is 20.0. The Kier molecular flexibility index (Phi) is 13.1. The van der Waals surface area contributed by atoms with Crippen LogP contribution in [0.3, 0.4) is 0 Å². The summed E-state index contributed by atoms with van der Waals surface area (Å²) in [4.78, 5) is 41.3. The quantitative estimate of drug-likeness (QED) is 0.140. The average Bonchev–Trinajstić information content (AvgIpc) is 3.85. The molecule has 0 bridgehead atoms. The molecule has 3 aromatic carbocycles. The number of nitrogens with zero attached hydrogens (tertiary/aromatic N) is 6. The van der Waals surface area contributed by atoms with E-state index >= 15 is 4.39 Å². The average molecular weight is 908 g/mol. The second kappa shape index (κ2) is 18.5. The number of benzene rings is 3. The molecule has 0 unspecified atom stereocenters. The molecule has 8 rings (SSSR count). The van der Waals surface area contributed by atoms with Crippen molar-refractivity contribution in [2.75, 3.05) is 51.1 Å². The Morgan fingerprint density at radius 3 is 2.26 bits per heavy atom. The number of aliphatic hydroxyl groups is 1. The van der Waals surface area contributed by atoms with Crippen molar-refractivity contribution in [1.82, 2.24) is 28.6 Å². The van der Waals surface area contributed by atoms with Gasteiger partial charge in [0.25, 0.3) is 10.0 Å². The lowest BCUT2D eigenvalue weighted by Gasteiger charge is -2.46. The van der Waals surface area contributed by atoms with E-state index in [1.807, 2.05) is 49.9 Å². The van der Waals surface area contributed by atoms with Gasteiger partial charge < -0.3 is 29.9 Å². The number of aromatic nitrogens is 3. The maximum atomic E-state index is 15.6. The molecule has 3 aliphatic rings. The fraction of sp³-hybridized carbons (Fsp3) is 0.480. The van der Waals surface area contributed by atoms with Crippen LogP contribution in [-0.4, -0.2) is 112 Å². The number of urea groups is 1. The van der Waals surface area contributed by atoms with E-state index in [2.05, 4.69) is 34.0 Å². The summed E-state index contributed by atoms with van der Waals surface area (Å²) in [6.45, 7) is 16.6. The zero-order valence-electron chi connectivity index (χ0n) is 38.4. The molecule has 0 radical (unpaired) electrons. The third kappa shape index (κ3) is 10.1. The van der Waals surface area contributed by atoms with E-state index in [-0.39, 0.29) is 40.2 Å². The monoisotopic (exact) mass is 907 g/mol.